The minimum atomic E-state index is -0.904. The topological polar surface area (TPSA) is 84.6 Å². The zero-order chi connectivity index (χ0) is 12.0. The van der Waals surface area contributed by atoms with Crippen molar-refractivity contribution in [3.63, 3.8) is 0 Å². The second-order valence-electron chi connectivity index (χ2n) is 3.17. The maximum atomic E-state index is 10.7. The lowest BCUT2D eigenvalue weighted by Crippen LogP contribution is -2.43. The van der Waals surface area contributed by atoms with Crippen LogP contribution in [0.15, 0.2) is 24.3 Å². The molecular weight excluding hydrogens is 232 g/mol. The number of aliphatic hydroxyl groups is 1. The van der Waals surface area contributed by atoms with E-state index in [1.54, 1.807) is 18.2 Å². The van der Waals surface area contributed by atoms with Gasteiger partial charge in [-0.1, -0.05) is 23.7 Å². The number of primary amides is 1. The van der Waals surface area contributed by atoms with Crippen molar-refractivity contribution >= 4 is 17.5 Å². The van der Waals surface area contributed by atoms with Gasteiger partial charge >= 0.3 is 0 Å². The van der Waals surface area contributed by atoms with E-state index in [4.69, 9.17) is 27.3 Å². The molecule has 16 heavy (non-hydrogen) atoms. The second-order valence-corrected chi connectivity index (χ2v) is 3.61. The van der Waals surface area contributed by atoms with Crippen molar-refractivity contribution in [2.75, 3.05) is 6.61 Å². The number of benzene rings is 1. The monoisotopic (exact) mass is 244 g/mol. The van der Waals surface area contributed by atoms with Crippen molar-refractivity contribution in [2.24, 2.45) is 5.73 Å². The number of carbonyl (C=O) groups is 1. The molecule has 0 aliphatic heterocycles. The van der Waals surface area contributed by atoms with E-state index in [0.717, 1.165) is 5.56 Å². The molecule has 0 unspecified atom stereocenters. The maximum absolute atomic E-state index is 10.7. The smallest absolute Gasteiger partial charge is 0.239 e. The Hall–Kier alpha value is -1.14. The summed E-state index contributed by atoms with van der Waals surface area (Å²) in [6, 6.07) is 6.20. The number of hydrogen-bond acceptors (Lipinski definition) is 4. The van der Waals surface area contributed by atoms with Crippen molar-refractivity contribution in [2.45, 2.75) is 12.6 Å². The zero-order valence-electron chi connectivity index (χ0n) is 8.52. The molecule has 1 rings (SSSR count). The van der Waals surface area contributed by atoms with Gasteiger partial charge in [-0.15, -0.1) is 0 Å². The van der Waals surface area contributed by atoms with Crippen LogP contribution >= 0.6 is 11.6 Å². The Morgan fingerprint density at radius 1 is 1.62 bits per heavy atom. The Balaban J connectivity index is 2.38. The van der Waals surface area contributed by atoms with E-state index in [-0.39, 0.29) is 6.61 Å². The van der Waals surface area contributed by atoms with Crippen LogP contribution in [0.3, 0.4) is 0 Å². The molecule has 0 fully saturated rings. The fourth-order valence-electron chi connectivity index (χ4n) is 1.04. The number of halogens is 1. The third kappa shape index (κ3) is 4.16. The molecule has 0 heterocycles. The number of nitrogens with two attached hydrogens (primary N) is 1. The molecule has 1 aromatic carbocycles. The standard InChI is InChI=1S/C10H13ClN2O3/c11-8-3-1-2-7(4-8)6-16-13-9(5-14)10(12)15/h1-4,9,13-14H,5-6H2,(H2,12,15)/t9-/m0/s1. The molecular formula is C10H13ClN2O3. The number of hydrogen-bond donors (Lipinski definition) is 3. The quantitative estimate of drug-likeness (QED) is 0.625. The van der Waals surface area contributed by atoms with Gasteiger partial charge in [-0.3, -0.25) is 9.63 Å². The normalized spacial score (nSPS) is 12.4. The highest BCUT2D eigenvalue weighted by Crippen LogP contribution is 2.10. The number of aliphatic hydroxyl groups excluding tert-OH is 1. The number of rotatable bonds is 6. The first-order valence-corrected chi connectivity index (χ1v) is 5.03. The van der Waals surface area contributed by atoms with Gasteiger partial charge in [0.2, 0.25) is 5.91 Å². The van der Waals surface area contributed by atoms with Crippen molar-refractivity contribution in [1.82, 2.24) is 5.48 Å². The summed E-state index contributed by atoms with van der Waals surface area (Å²) in [4.78, 5) is 15.7. The molecule has 0 saturated heterocycles. The van der Waals surface area contributed by atoms with Crippen LogP contribution in [0.2, 0.25) is 5.02 Å². The summed E-state index contributed by atoms with van der Waals surface area (Å²) in [7, 11) is 0. The molecule has 0 saturated carbocycles. The number of hydroxylamine groups is 1. The van der Waals surface area contributed by atoms with E-state index in [1.807, 2.05) is 6.07 Å². The molecule has 0 aliphatic rings. The molecule has 0 radical (unpaired) electrons. The molecule has 0 bridgehead atoms. The van der Waals surface area contributed by atoms with E-state index < -0.39 is 18.6 Å². The number of amides is 1. The summed E-state index contributed by atoms with van der Waals surface area (Å²) in [6.07, 6.45) is 0. The third-order valence-electron chi connectivity index (χ3n) is 1.88. The Kier molecular flexibility index (Phi) is 5.21. The minimum absolute atomic E-state index is 0.227. The lowest BCUT2D eigenvalue weighted by atomic mass is 10.2. The van der Waals surface area contributed by atoms with Crippen LogP contribution in [0.4, 0.5) is 0 Å². The minimum Gasteiger partial charge on any atom is -0.394 e. The molecule has 88 valence electrons. The Morgan fingerprint density at radius 3 is 2.94 bits per heavy atom. The van der Waals surface area contributed by atoms with Gasteiger partial charge in [-0.2, -0.15) is 5.48 Å². The maximum Gasteiger partial charge on any atom is 0.239 e. The fraction of sp³-hybridized carbons (Fsp3) is 0.300. The van der Waals surface area contributed by atoms with Gasteiger partial charge < -0.3 is 10.8 Å². The molecule has 0 spiro atoms. The number of carbonyl (C=O) groups excluding carboxylic acids is 1. The summed E-state index contributed by atoms with van der Waals surface area (Å²) in [5.41, 5.74) is 8.21. The van der Waals surface area contributed by atoms with Gasteiger partial charge in [0.25, 0.3) is 0 Å². The lowest BCUT2D eigenvalue weighted by Gasteiger charge is -2.12. The van der Waals surface area contributed by atoms with E-state index in [2.05, 4.69) is 5.48 Å². The first-order chi connectivity index (χ1) is 7.63. The van der Waals surface area contributed by atoms with Crippen LogP contribution in [-0.4, -0.2) is 23.7 Å². The average Bonchev–Trinajstić information content (AvgIpc) is 2.24. The largest absolute Gasteiger partial charge is 0.394 e. The van der Waals surface area contributed by atoms with Gasteiger partial charge in [0.15, 0.2) is 0 Å². The van der Waals surface area contributed by atoms with E-state index >= 15 is 0 Å². The molecule has 6 heteroatoms. The van der Waals surface area contributed by atoms with Crippen molar-refractivity contribution in [3.05, 3.63) is 34.9 Å². The van der Waals surface area contributed by atoms with Gasteiger partial charge in [-0.05, 0) is 17.7 Å². The SMILES string of the molecule is NC(=O)[C@H](CO)NOCc1cccc(Cl)c1. The molecule has 1 aromatic rings. The van der Waals surface area contributed by atoms with E-state index in [1.165, 1.54) is 0 Å². The van der Waals surface area contributed by atoms with E-state index in [9.17, 15) is 4.79 Å². The van der Waals surface area contributed by atoms with Crippen molar-refractivity contribution in [3.8, 4) is 0 Å². The van der Waals surface area contributed by atoms with E-state index in [0.29, 0.717) is 5.02 Å². The van der Waals surface area contributed by atoms with Gasteiger partial charge in [0.1, 0.15) is 6.04 Å². The summed E-state index contributed by atoms with van der Waals surface area (Å²) in [5.74, 6) is -0.673. The summed E-state index contributed by atoms with van der Waals surface area (Å²) in [5, 5.41) is 9.38. The molecule has 1 atom stereocenters. The Bertz CT molecular complexity index is 360. The van der Waals surface area contributed by atoms with Crippen LogP contribution in [0.25, 0.3) is 0 Å². The molecule has 1 amide bonds. The van der Waals surface area contributed by atoms with Crippen LogP contribution < -0.4 is 11.2 Å². The highest BCUT2D eigenvalue weighted by molar-refractivity contribution is 6.30. The van der Waals surface area contributed by atoms with Gasteiger partial charge in [0.05, 0.1) is 13.2 Å². The van der Waals surface area contributed by atoms with Crippen LogP contribution in [0, 0.1) is 0 Å². The second kappa shape index (κ2) is 6.44. The van der Waals surface area contributed by atoms with Crippen LogP contribution in [0.1, 0.15) is 5.56 Å². The highest BCUT2D eigenvalue weighted by atomic mass is 35.5. The molecule has 0 aliphatic carbocycles. The first-order valence-electron chi connectivity index (χ1n) is 4.65. The van der Waals surface area contributed by atoms with Crippen molar-refractivity contribution in [1.29, 1.82) is 0 Å². The first kappa shape index (κ1) is 12.9. The molecule has 5 nitrogen and oxygen atoms in total. The number of nitrogens with one attached hydrogen (secondary N) is 1. The average molecular weight is 245 g/mol. The highest BCUT2D eigenvalue weighted by Gasteiger charge is 2.12. The lowest BCUT2D eigenvalue weighted by molar-refractivity contribution is -0.126. The summed E-state index contributed by atoms with van der Waals surface area (Å²) >= 11 is 5.77. The Labute approximate surface area is 98.1 Å². The molecule has 0 aromatic heterocycles. The van der Waals surface area contributed by atoms with Gasteiger partial charge in [0, 0.05) is 5.02 Å². The predicted octanol–water partition coefficient (Wildman–Crippen LogP) is 0.207. The molecule has 4 N–H and O–H groups in total. The van der Waals surface area contributed by atoms with Crippen molar-refractivity contribution < 1.29 is 14.7 Å². The third-order valence-corrected chi connectivity index (χ3v) is 2.11. The van der Waals surface area contributed by atoms with Gasteiger partial charge in [-0.25, -0.2) is 0 Å². The predicted molar refractivity (Wildman–Crippen MR) is 59.4 cm³/mol. The zero-order valence-corrected chi connectivity index (χ0v) is 9.28. The van der Waals surface area contributed by atoms with Crippen LogP contribution in [0.5, 0.6) is 0 Å². The summed E-state index contributed by atoms with van der Waals surface area (Å²) < 4.78 is 0. The fourth-order valence-corrected chi connectivity index (χ4v) is 1.25. The Morgan fingerprint density at radius 2 is 2.38 bits per heavy atom. The summed E-state index contributed by atoms with van der Waals surface area (Å²) in [6.45, 7) is -0.185. The van der Waals surface area contributed by atoms with Crippen LogP contribution in [-0.2, 0) is 16.2 Å².